The van der Waals surface area contributed by atoms with E-state index >= 15 is 0 Å². The second-order valence-corrected chi connectivity index (χ2v) is 10.1. The number of nitriles is 1. The van der Waals surface area contributed by atoms with Crippen molar-refractivity contribution in [2.75, 3.05) is 28.4 Å². The van der Waals surface area contributed by atoms with Crippen LogP contribution in [0.25, 0.3) is 0 Å². The first-order chi connectivity index (χ1) is 18.0. The third-order valence-corrected chi connectivity index (χ3v) is 8.30. The van der Waals surface area contributed by atoms with Gasteiger partial charge in [0.2, 0.25) is 5.75 Å². The molecule has 0 aliphatic carbocycles. The average Bonchev–Trinajstić information content (AvgIpc) is 3.36. The summed E-state index contributed by atoms with van der Waals surface area (Å²) in [6.45, 7) is 5.08. The molecule has 4 rings (SSSR count). The van der Waals surface area contributed by atoms with Crippen LogP contribution in [0.1, 0.15) is 57.1 Å². The van der Waals surface area contributed by atoms with Gasteiger partial charge in [-0.15, -0.1) is 0 Å². The summed E-state index contributed by atoms with van der Waals surface area (Å²) in [7, 11) is 7.12. The Morgan fingerprint density at radius 3 is 2.24 bits per heavy atom. The molecule has 0 aromatic heterocycles. The highest BCUT2D eigenvalue weighted by Crippen LogP contribution is 2.48. The Balaban J connectivity index is 1.52. The fourth-order valence-electron chi connectivity index (χ4n) is 6.20. The lowest BCUT2D eigenvalue weighted by Crippen LogP contribution is -2.46. The zero-order chi connectivity index (χ0) is 26.6. The molecule has 2 heterocycles. The van der Waals surface area contributed by atoms with Gasteiger partial charge in [-0.25, -0.2) is 0 Å². The summed E-state index contributed by atoms with van der Waals surface area (Å²) in [5.74, 6) is 3.70. The number of fused-ring (bicyclic) bond motifs is 2. The molecule has 2 aliphatic rings. The van der Waals surface area contributed by atoms with E-state index in [4.69, 9.17) is 23.7 Å². The molecule has 0 amide bonds. The van der Waals surface area contributed by atoms with Crippen LogP contribution in [-0.2, 0) is 13.0 Å². The molecule has 0 spiro atoms. The third kappa shape index (κ3) is 4.92. The van der Waals surface area contributed by atoms with Crippen molar-refractivity contribution in [2.45, 2.75) is 71.2 Å². The monoisotopic (exact) mass is 508 g/mol. The molecular weight excluding hydrogens is 468 g/mol. The Hall–Kier alpha value is -3.11. The number of likely N-dealkylation sites (N-methyl/N-ethyl adjacent to an activating group) is 1. The number of hydrogen-bond acceptors (Lipinski definition) is 7. The maximum atomic E-state index is 10.6. The summed E-state index contributed by atoms with van der Waals surface area (Å²) >= 11 is 0. The Bertz CT molecular complexity index is 1100. The third-order valence-electron chi connectivity index (χ3n) is 8.30. The first kappa shape index (κ1) is 26.9. The van der Waals surface area contributed by atoms with Crippen LogP contribution < -0.4 is 23.7 Å². The summed E-state index contributed by atoms with van der Waals surface area (Å²) in [6, 6.07) is 12.8. The number of para-hydroxylation sites is 2. The van der Waals surface area contributed by atoms with Crippen molar-refractivity contribution in [1.82, 2.24) is 4.90 Å². The molecule has 2 aliphatic heterocycles. The molecule has 7 nitrogen and oxygen atoms in total. The zero-order valence-corrected chi connectivity index (χ0v) is 23.0. The lowest BCUT2D eigenvalue weighted by molar-refractivity contribution is -0.0742. The van der Waals surface area contributed by atoms with E-state index in [1.54, 1.807) is 21.3 Å². The number of nitrogens with zero attached hydrogens (tertiary/aromatic N) is 2. The van der Waals surface area contributed by atoms with Crippen LogP contribution >= 0.6 is 0 Å². The van der Waals surface area contributed by atoms with Gasteiger partial charge in [0.25, 0.3) is 6.29 Å². The van der Waals surface area contributed by atoms with Gasteiger partial charge >= 0.3 is 0 Å². The molecule has 0 fully saturated rings. The maximum absolute atomic E-state index is 10.6. The van der Waals surface area contributed by atoms with E-state index in [1.165, 1.54) is 5.56 Å². The highest BCUT2D eigenvalue weighted by Gasteiger charge is 2.50. The van der Waals surface area contributed by atoms with Crippen molar-refractivity contribution in [2.24, 2.45) is 11.3 Å². The van der Waals surface area contributed by atoms with E-state index in [1.807, 2.05) is 24.3 Å². The molecule has 37 heavy (non-hydrogen) atoms. The molecule has 0 saturated carbocycles. The summed E-state index contributed by atoms with van der Waals surface area (Å²) in [4.78, 5) is 2.38. The van der Waals surface area contributed by atoms with E-state index in [-0.39, 0.29) is 5.92 Å². The van der Waals surface area contributed by atoms with Gasteiger partial charge in [0.15, 0.2) is 23.0 Å². The van der Waals surface area contributed by atoms with Crippen LogP contribution in [0.2, 0.25) is 0 Å². The second kappa shape index (κ2) is 11.5. The smallest absolute Gasteiger partial charge is 0.260 e. The predicted molar refractivity (Wildman–Crippen MR) is 143 cm³/mol. The fraction of sp³-hybridized carbons (Fsp3) is 0.567. The summed E-state index contributed by atoms with van der Waals surface area (Å²) in [5, 5.41) is 10.6. The van der Waals surface area contributed by atoms with Crippen molar-refractivity contribution < 1.29 is 23.7 Å². The van der Waals surface area contributed by atoms with E-state index in [0.29, 0.717) is 17.5 Å². The molecule has 2 atom stereocenters. The standard InChI is InChI=1S/C30H40N2O5/c1-7-21(8-2)30(19-31,29-36-24-13-9-10-14-25(24)37-29)15-11-12-22-16-20-17-26(33-4)28(35-6)27(34-5)23(20)18-32(22)3/h9-10,13-14,17,21-22,29H,7-8,11-12,15-16,18H2,1-6H3. The number of methoxy groups -OCH3 is 3. The molecule has 7 heteroatoms. The first-order valence-electron chi connectivity index (χ1n) is 13.3. The molecule has 0 bridgehead atoms. The lowest BCUT2D eigenvalue weighted by Gasteiger charge is -2.39. The number of hydrogen-bond donors (Lipinski definition) is 0. The molecule has 2 aromatic carbocycles. The van der Waals surface area contributed by atoms with Gasteiger partial charge < -0.3 is 23.7 Å². The van der Waals surface area contributed by atoms with Crippen LogP contribution in [0.3, 0.4) is 0 Å². The van der Waals surface area contributed by atoms with Gasteiger partial charge in [0.1, 0.15) is 5.41 Å². The summed E-state index contributed by atoms with van der Waals surface area (Å²) in [5.41, 5.74) is 1.66. The molecule has 2 aromatic rings. The molecule has 0 N–H and O–H groups in total. The van der Waals surface area contributed by atoms with E-state index in [2.05, 4.69) is 37.9 Å². The minimum atomic E-state index is -0.715. The largest absolute Gasteiger partial charge is 0.493 e. The van der Waals surface area contributed by atoms with Gasteiger partial charge in [-0.2, -0.15) is 5.26 Å². The average molecular weight is 509 g/mol. The molecule has 2 unspecified atom stereocenters. The van der Waals surface area contributed by atoms with Crippen molar-refractivity contribution >= 4 is 0 Å². The van der Waals surface area contributed by atoms with E-state index in [9.17, 15) is 5.26 Å². The molecule has 0 radical (unpaired) electrons. The van der Waals surface area contributed by atoms with Crippen LogP contribution in [0, 0.1) is 22.7 Å². The topological polar surface area (TPSA) is 73.2 Å². The quantitative estimate of drug-likeness (QED) is 0.369. The fourth-order valence-corrected chi connectivity index (χ4v) is 6.20. The van der Waals surface area contributed by atoms with Crippen molar-refractivity contribution in [1.29, 1.82) is 5.26 Å². The second-order valence-electron chi connectivity index (χ2n) is 10.1. The molecule has 200 valence electrons. The summed E-state index contributed by atoms with van der Waals surface area (Å²) < 4.78 is 29.4. The van der Waals surface area contributed by atoms with Crippen molar-refractivity contribution in [3.05, 3.63) is 41.5 Å². The van der Waals surface area contributed by atoms with Gasteiger partial charge in [-0.05, 0) is 62.4 Å². The lowest BCUT2D eigenvalue weighted by atomic mass is 9.69. The van der Waals surface area contributed by atoms with Gasteiger partial charge in [0, 0.05) is 18.2 Å². The Labute approximate surface area is 221 Å². The van der Waals surface area contributed by atoms with Crippen molar-refractivity contribution in [3.63, 3.8) is 0 Å². The minimum absolute atomic E-state index is 0.183. The minimum Gasteiger partial charge on any atom is -0.493 e. The predicted octanol–water partition coefficient (Wildman–Crippen LogP) is 5.98. The SMILES string of the molecule is CCC(CC)C(C#N)(CCCC1Cc2cc(OC)c(OC)c(OC)c2CN1C)C1Oc2ccccc2O1. The number of ether oxygens (including phenoxy) is 5. The van der Waals surface area contributed by atoms with Crippen LogP contribution in [0.4, 0.5) is 0 Å². The number of benzene rings is 2. The molecular formula is C30H40N2O5. The number of rotatable bonds is 11. The highest BCUT2D eigenvalue weighted by molar-refractivity contribution is 5.60. The highest BCUT2D eigenvalue weighted by atomic mass is 16.7. The zero-order valence-electron chi connectivity index (χ0n) is 23.0. The van der Waals surface area contributed by atoms with Gasteiger partial charge in [-0.1, -0.05) is 38.8 Å². The Morgan fingerprint density at radius 1 is 1.05 bits per heavy atom. The van der Waals surface area contributed by atoms with E-state index < -0.39 is 11.7 Å². The molecule has 0 saturated heterocycles. The summed E-state index contributed by atoms with van der Waals surface area (Å²) in [6.07, 6.45) is 4.69. The van der Waals surface area contributed by atoms with Crippen LogP contribution in [-0.4, -0.2) is 45.6 Å². The first-order valence-corrected chi connectivity index (χ1v) is 13.3. The van der Waals surface area contributed by atoms with Gasteiger partial charge in [-0.3, -0.25) is 4.90 Å². The normalized spacial score (nSPS) is 18.7. The van der Waals surface area contributed by atoms with Gasteiger partial charge in [0.05, 0.1) is 27.4 Å². The van der Waals surface area contributed by atoms with Crippen molar-refractivity contribution in [3.8, 4) is 34.8 Å². The Kier molecular flexibility index (Phi) is 8.39. The van der Waals surface area contributed by atoms with E-state index in [0.717, 1.165) is 67.9 Å². The van der Waals surface area contributed by atoms with Crippen LogP contribution in [0.5, 0.6) is 28.7 Å². The Morgan fingerprint density at radius 2 is 1.70 bits per heavy atom. The van der Waals surface area contributed by atoms with Crippen LogP contribution in [0.15, 0.2) is 30.3 Å². The maximum Gasteiger partial charge on any atom is 0.260 e.